The van der Waals surface area contributed by atoms with Gasteiger partial charge in [0.15, 0.2) is 0 Å². The fourth-order valence-electron chi connectivity index (χ4n) is 2.01. The fraction of sp³-hybridized carbons (Fsp3) is 0.769. The average molecular weight is 208 g/mol. The van der Waals surface area contributed by atoms with Gasteiger partial charge in [0.1, 0.15) is 0 Å². The molecule has 0 saturated carbocycles. The number of hydrogen-bond acceptors (Lipinski definition) is 1. The molecule has 1 heterocycles. The van der Waals surface area contributed by atoms with Gasteiger partial charge in [0, 0.05) is 12.2 Å². The molecule has 0 bridgehead atoms. The van der Waals surface area contributed by atoms with Gasteiger partial charge in [0.25, 0.3) is 0 Å². The van der Waals surface area contributed by atoms with E-state index in [1.807, 2.05) is 0 Å². The van der Waals surface area contributed by atoms with E-state index in [4.69, 9.17) is 0 Å². The van der Waals surface area contributed by atoms with Gasteiger partial charge < -0.3 is 0 Å². The van der Waals surface area contributed by atoms with Gasteiger partial charge in [-0.1, -0.05) is 34.1 Å². The summed E-state index contributed by atoms with van der Waals surface area (Å²) >= 11 is 0. The van der Waals surface area contributed by atoms with Crippen molar-refractivity contribution < 1.29 is 0 Å². The highest BCUT2D eigenvalue weighted by Crippen LogP contribution is 2.12. The predicted molar refractivity (Wildman–Crippen MR) is 65.1 cm³/mol. The number of nitrogens with zero attached hydrogens (tertiary/aromatic N) is 2. The monoisotopic (exact) mass is 208 g/mol. The quantitative estimate of drug-likeness (QED) is 0.700. The van der Waals surface area contributed by atoms with E-state index in [0.717, 1.165) is 25.3 Å². The first kappa shape index (κ1) is 12.3. The first-order chi connectivity index (χ1) is 7.21. The lowest BCUT2D eigenvalue weighted by atomic mass is 10.1. The largest absolute Gasteiger partial charge is 0.269 e. The van der Waals surface area contributed by atoms with Crippen molar-refractivity contribution in [3.8, 4) is 0 Å². The lowest BCUT2D eigenvalue weighted by molar-refractivity contribution is 0.410. The van der Waals surface area contributed by atoms with E-state index >= 15 is 0 Å². The van der Waals surface area contributed by atoms with Crippen LogP contribution in [0.1, 0.15) is 51.9 Å². The molecule has 86 valence electrons. The molecule has 0 aliphatic carbocycles. The van der Waals surface area contributed by atoms with Gasteiger partial charge in [0.2, 0.25) is 0 Å². The SMILES string of the molecule is CCCC(C)Cn1nc(CC)cc1CC. The third-order valence-corrected chi connectivity index (χ3v) is 2.90. The summed E-state index contributed by atoms with van der Waals surface area (Å²) in [5.41, 5.74) is 2.62. The Kier molecular flexibility index (Phi) is 4.86. The van der Waals surface area contributed by atoms with Crippen molar-refractivity contribution in [2.24, 2.45) is 5.92 Å². The van der Waals surface area contributed by atoms with Gasteiger partial charge in [-0.3, -0.25) is 4.68 Å². The molecule has 2 nitrogen and oxygen atoms in total. The van der Waals surface area contributed by atoms with E-state index in [9.17, 15) is 0 Å². The lowest BCUT2D eigenvalue weighted by Crippen LogP contribution is -2.11. The van der Waals surface area contributed by atoms with Crippen LogP contribution in [0.4, 0.5) is 0 Å². The van der Waals surface area contributed by atoms with E-state index in [-0.39, 0.29) is 0 Å². The van der Waals surface area contributed by atoms with Gasteiger partial charge in [-0.05, 0) is 31.2 Å². The molecule has 0 aromatic carbocycles. The minimum absolute atomic E-state index is 0.741. The molecular weight excluding hydrogens is 184 g/mol. The van der Waals surface area contributed by atoms with Crippen molar-refractivity contribution in [1.29, 1.82) is 0 Å². The lowest BCUT2D eigenvalue weighted by Gasteiger charge is -2.12. The predicted octanol–water partition coefficient (Wildman–Crippen LogP) is 3.44. The van der Waals surface area contributed by atoms with E-state index in [0.29, 0.717) is 0 Å². The van der Waals surface area contributed by atoms with Crippen LogP contribution in [0, 0.1) is 5.92 Å². The molecule has 0 N–H and O–H groups in total. The van der Waals surface area contributed by atoms with Crippen LogP contribution < -0.4 is 0 Å². The van der Waals surface area contributed by atoms with Crippen molar-refractivity contribution in [2.45, 2.75) is 59.9 Å². The molecule has 0 radical (unpaired) electrons. The standard InChI is InChI=1S/C13H24N2/c1-5-8-11(4)10-15-13(7-3)9-12(6-2)14-15/h9,11H,5-8,10H2,1-4H3. The molecule has 1 unspecified atom stereocenters. The molecule has 15 heavy (non-hydrogen) atoms. The minimum Gasteiger partial charge on any atom is -0.269 e. The highest BCUT2D eigenvalue weighted by Gasteiger charge is 2.08. The molecule has 1 aromatic rings. The normalized spacial score (nSPS) is 13.1. The smallest absolute Gasteiger partial charge is 0.0624 e. The molecular formula is C13H24N2. The fourth-order valence-corrected chi connectivity index (χ4v) is 2.01. The zero-order chi connectivity index (χ0) is 11.3. The van der Waals surface area contributed by atoms with E-state index < -0.39 is 0 Å². The molecule has 0 fully saturated rings. The van der Waals surface area contributed by atoms with E-state index in [1.165, 1.54) is 24.2 Å². The Morgan fingerprint density at radius 3 is 2.53 bits per heavy atom. The Bertz CT molecular complexity index is 289. The summed E-state index contributed by atoms with van der Waals surface area (Å²) < 4.78 is 2.21. The van der Waals surface area contributed by atoms with Crippen LogP contribution in [-0.2, 0) is 19.4 Å². The molecule has 0 saturated heterocycles. The van der Waals surface area contributed by atoms with Crippen molar-refractivity contribution in [3.63, 3.8) is 0 Å². The van der Waals surface area contributed by atoms with Crippen molar-refractivity contribution in [3.05, 3.63) is 17.5 Å². The molecule has 0 aliphatic rings. The zero-order valence-corrected chi connectivity index (χ0v) is 10.6. The summed E-state index contributed by atoms with van der Waals surface area (Å²) in [7, 11) is 0. The van der Waals surface area contributed by atoms with Crippen LogP contribution in [-0.4, -0.2) is 9.78 Å². The summed E-state index contributed by atoms with van der Waals surface area (Å²) in [6.45, 7) is 10.0. The van der Waals surface area contributed by atoms with Gasteiger partial charge >= 0.3 is 0 Å². The highest BCUT2D eigenvalue weighted by atomic mass is 15.3. The maximum atomic E-state index is 4.64. The summed E-state index contributed by atoms with van der Waals surface area (Å²) in [4.78, 5) is 0. The van der Waals surface area contributed by atoms with Crippen LogP contribution >= 0.6 is 0 Å². The Balaban J connectivity index is 2.69. The van der Waals surface area contributed by atoms with Gasteiger partial charge in [-0.2, -0.15) is 5.10 Å². The zero-order valence-electron chi connectivity index (χ0n) is 10.6. The Hall–Kier alpha value is -0.790. The summed E-state index contributed by atoms with van der Waals surface area (Å²) in [6.07, 6.45) is 4.70. The topological polar surface area (TPSA) is 17.8 Å². The molecule has 1 rings (SSSR count). The van der Waals surface area contributed by atoms with Crippen LogP contribution in [0.2, 0.25) is 0 Å². The number of aryl methyl sites for hydroxylation is 2. The van der Waals surface area contributed by atoms with Crippen molar-refractivity contribution >= 4 is 0 Å². The second-order valence-electron chi connectivity index (χ2n) is 4.41. The summed E-state index contributed by atoms with van der Waals surface area (Å²) in [5.74, 6) is 0.741. The maximum absolute atomic E-state index is 4.64. The van der Waals surface area contributed by atoms with Gasteiger partial charge in [0.05, 0.1) is 5.69 Å². The van der Waals surface area contributed by atoms with Crippen LogP contribution in [0.25, 0.3) is 0 Å². The van der Waals surface area contributed by atoms with Crippen LogP contribution in [0.15, 0.2) is 6.07 Å². The molecule has 2 heteroatoms. The Morgan fingerprint density at radius 1 is 1.27 bits per heavy atom. The molecule has 0 spiro atoms. The number of hydrogen-bond donors (Lipinski definition) is 0. The van der Waals surface area contributed by atoms with Gasteiger partial charge in [-0.25, -0.2) is 0 Å². The third kappa shape index (κ3) is 3.37. The third-order valence-electron chi connectivity index (χ3n) is 2.90. The number of aromatic nitrogens is 2. The van der Waals surface area contributed by atoms with E-state index in [2.05, 4.69) is 43.5 Å². The maximum Gasteiger partial charge on any atom is 0.0624 e. The first-order valence-electron chi connectivity index (χ1n) is 6.26. The minimum atomic E-state index is 0.741. The highest BCUT2D eigenvalue weighted by molar-refractivity contribution is 5.10. The average Bonchev–Trinajstić information content (AvgIpc) is 2.60. The first-order valence-corrected chi connectivity index (χ1v) is 6.26. The van der Waals surface area contributed by atoms with Gasteiger partial charge in [-0.15, -0.1) is 0 Å². The second kappa shape index (κ2) is 5.94. The van der Waals surface area contributed by atoms with Crippen molar-refractivity contribution in [1.82, 2.24) is 9.78 Å². The molecule has 0 aliphatic heterocycles. The number of rotatable bonds is 6. The molecule has 1 atom stereocenters. The van der Waals surface area contributed by atoms with Crippen LogP contribution in [0.3, 0.4) is 0 Å². The molecule has 1 aromatic heterocycles. The Labute approximate surface area is 93.7 Å². The van der Waals surface area contributed by atoms with E-state index in [1.54, 1.807) is 0 Å². The second-order valence-corrected chi connectivity index (χ2v) is 4.41. The molecule has 0 amide bonds. The van der Waals surface area contributed by atoms with Crippen LogP contribution in [0.5, 0.6) is 0 Å². The van der Waals surface area contributed by atoms with Crippen molar-refractivity contribution in [2.75, 3.05) is 0 Å². The summed E-state index contributed by atoms with van der Waals surface area (Å²) in [5, 5.41) is 4.64. The summed E-state index contributed by atoms with van der Waals surface area (Å²) in [6, 6.07) is 2.25. The Morgan fingerprint density at radius 2 is 2.00 bits per heavy atom.